The van der Waals surface area contributed by atoms with E-state index in [0.717, 1.165) is 23.5 Å². The third-order valence-corrected chi connectivity index (χ3v) is 14.3. The number of aromatic nitrogens is 1. The van der Waals surface area contributed by atoms with Gasteiger partial charge in [-0.3, -0.25) is 0 Å². The fraction of sp³-hybridized carbons (Fsp3) is 0.133. The van der Waals surface area contributed by atoms with Crippen molar-refractivity contribution in [1.29, 1.82) is 0 Å². The van der Waals surface area contributed by atoms with Gasteiger partial charge in [-0.05, 0) is 116 Å². The van der Waals surface area contributed by atoms with Crippen LogP contribution in [0.25, 0.3) is 60.9 Å². The molecule has 0 amide bonds. The molecule has 2 nitrogen and oxygen atoms in total. The normalized spacial score (nSPS) is 16.6. The predicted octanol–water partition coefficient (Wildman–Crippen LogP) is 16.2. The van der Waals surface area contributed by atoms with Crippen LogP contribution < -0.4 is 4.90 Å². The Labute approximate surface area is 364 Å². The maximum absolute atomic E-state index is 2.57. The van der Waals surface area contributed by atoms with Crippen LogP contribution in [0.15, 0.2) is 206 Å². The van der Waals surface area contributed by atoms with E-state index in [-0.39, 0.29) is 10.8 Å². The Morgan fingerprint density at radius 1 is 0.468 bits per heavy atom. The molecule has 1 aliphatic heterocycles. The van der Waals surface area contributed by atoms with Crippen LogP contribution in [-0.4, -0.2) is 4.57 Å². The molecule has 0 saturated carbocycles. The molecule has 3 aliphatic rings. The minimum absolute atomic E-state index is 0.0949. The molecule has 0 saturated heterocycles. The molecule has 1 atom stereocenters. The molecule has 0 radical (unpaired) electrons. The lowest BCUT2D eigenvalue weighted by Crippen LogP contribution is -2.29. The average Bonchev–Trinajstić information content (AvgIpc) is 3.77. The van der Waals surface area contributed by atoms with E-state index in [1.807, 2.05) is 0 Å². The van der Waals surface area contributed by atoms with Crippen LogP contribution >= 0.6 is 0 Å². The summed E-state index contributed by atoms with van der Waals surface area (Å²) in [6.45, 7) is 9.53. The zero-order valence-corrected chi connectivity index (χ0v) is 35.7. The monoisotopic (exact) mass is 796 g/mol. The largest absolute Gasteiger partial charge is 0.310 e. The van der Waals surface area contributed by atoms with Crippen molar-refractivity contribution >= 4 is 44.6 Å². The summed E-state index contributed by atoms with van der Waals surface area (Å²) >= 11 is 0. The molecule has 298 valence electrons. The zero-order chi connectivity index (χ0) is 41.7. The Bertz CT molecular complexity index is 3290. The summed E-state index contributed by atoms with van der Waals surface area (Å²) in [7, 11) is 0. The molecule has 9 aromatic rings. The third-order valence-electron chi connectivity index (χ3n) is 14.3. The number of nitrogens with zero attached hydrogens (tertiary/aromatic N) is 2. The van der Waals surface area contributed by atoms with Gasteiger partial charge in [0.2, 0.25) is 0 Å². The number of fused-ring (bicyclic) bond motifs is 8. The van der Waals surface area contributed by atoms with Crippen LogP contribution in [0.5, 0.6) is 0 Å². The van der Waals surface area contributed by atoms with Gasteiger partial charge in [-0.15, -0.1) is 0 Å². The number of rotatable bonds is 6. The SMILES string of the molecule is CC1(C)C2=CCC(c3ccccc3)C=C2n2c3ccc(-c4ccc(N(c5ccc(-c6ccccc6)cc5)c5ccc6c(c5)C(C)(C)c5ccccc5-6)cc4)cc3c3cccc1c32. The van der Waals surface area contributed by atoms with Gasteiger partial charge in [0.05, 0.1) is 11.0 Å². The van der Waals surface area contributed by atoms with Crippen molar-refractivity contribution in [1.82, 2.24) is 4.57 Å². The van der Waals surface area contributed by atoms with Crippen molar-refractivity contribution < 1.29 is 0 Å². The van der Waals surface area contributed by atoms with Gasteiger partial charge in [0.1, 0.15) is 0 Å². The van der Waals surface area contributed by atoms with Crippen LogP contribution in [0.1, 0.15) is 62.3 Å². The highest BCUT2D eigenvalue weighted by Gasteiger charge is 2.39. The second kappa shape index (κ2) is 13.7. The molecular weight excluding hydrogens is 749 g/mol. The summed E-state index contributed by atoms with van der Waals surface area (Å²) in [5.41, 5.74) is 21.6. The molecule has 1 unspecified atom stereocenters. The molecule has 62 heavy (non-hydrogen) atoms. The molecule has 1 aromatic heterocycles. The van der Waals surface area contributed by atoms with E-state index < -0.39 is 0 Å². The second-order valence-corrected chi connectivity index (χ2v) is 18.5. The molecule has 8 aromatic carbocycles. The Morgan fingerprint density at radius 3 is 1.81 bits per heavy atom. The van der Waals surface area contributed by atoms with Crippen molar-refractivity contribution in [3.8, 4) is 33.4 Å². The van der Waals surface area contributed by atoms with Gasteiger partial charge in [0.15, 0.2) is 0 Å². The molecule has 2 aliphatic carbocycles. The number of anilines is 3. The Kier molecular flexibility index (Phi) is 8.09. The van der Waals surface area contributed by atoms with Crippen molar-refractivity contribution in [3.63, 3.8) is 0 Å². The lowest BCUT2D eigenvalue weighted by molar-refractivity contribution is 0.618. The van der Waals surface area contributed by atoms with E-state index in [1.165, 1.54) is 88.7 Å². The first-order chi connectivity index (χ1) is 30.3. The van der Waals surface area contributed by atoms with Crippen LogP contribution in [0.4, 0.5) is 17.1 Å². The highest BCUT2D eigenvalue weighted by atomic mass is 15.1. The molecule has 2 heteroatoms. The standard InChI is InChI=1S/C60H48N2/c1-59(2)52-20-12-11-18-48(52)49-33-32-47(38-55(49)59)61(45-28-22-41(23-29-45)39-14-7-5-8-15-39)46-30-24-42(25-31-46)43-27-35-56-51(36-43)50-19-13-21-54-58(50)62(56)57-37-44(40-16-9-6-10-17-40)26-34-53(57)60(54,3)4/h5-25,27-38,44H,26H2,1-4H3. The van der Waals surface area contributed by atoms with E-state index >= 15 is 0 Å². The lowest BCUT2D eigenvalue weighted by Gasteiger charge is -2.39. The van der Waals surface area contributed by atoms with Crippen LogP contribution in [0.3, 0.4) is 0 Å². The van der Waals surface area contributed by atoms with Gasteiger partial charge in [-0.1, -0.05) is 179 Å². The van der Waals surface area contributed by atoms with Crippen molar-refractivity contribution in [2.75, 3.05) is 4.90 Å². The number of benzene rings is 8. The van der Waals surface area contributed by atoms with Crippen LogP contribution in [0, 0.1) is 0 Å². The van der Waals surface area contributed by atoms with Gasteiger partial charge in [0, 0.05) is 50.3 Å². The minimum atomic E-state index is -0.0958. The van der Waals surface area contributed by atoms with E-state index in [0.29, 0.717) is 5.92 Å². The fourth-order valence-corrected chi connectivity index (χ4v) is 11.1. The summed E-state index contributed by atoms with van der Waals surface area (Å²) in [6.07, 6.45) is 6.07. The van der Waals surface area contributed by atoms with Gasteiger partial charge in [-0.2, -0.15) is 0 Å². The second-order valence-electron chi connectivity index (χ2n) is 18.5. The number of hydrogen-bond donors (Lipinski definition) is 0. The maximum atomic E-state index is 2.57. The van der Waals surface area contributed by atoms with Gasteiger partial charge in [-0.25, -0.2) is 0 Å². The van der Waals surface area contributed by atoms with Crippen molar-refractivity contribution in [2.45, 2.75) is 50.9 Å². The summed E-state index contributed by atoms with van der Waals surface area (Å²) in [4.78, 5) is 2.42. The van der Waals surface area contributed by atoms with Crippen LogP contribution in [-0.2, 0) is 10.8 Å². The van der Waals surface area contributed by atoms with Crippen molar-refractivity contribution in [2.24, 2.45) is 0 Å². The summed E-state index contributed by atoms with van der Waals surface area (Å²) < 4.78 is 2.57. The number of para-hydroxylation sites is 1. The zero-order valence-electron chi connectivity index (χ0n) is 35.7. The number of hydrogen-bond acceptors (Lipinski definition) is 1. The Hall–Kier alpha value is -7.16. The first-order valence-electron chi connectivity index (χ1n) is 22.1. The quantitative estimate of drug-likeness (QED) is 0.163. The van der Waals surface area contributed by atoms with Gasteiger partial charge >= 0.3 is 0 Å². The highest BCUT2D eigenvalue weighted by Crippen LogP contribution is 2.53. The number of allylic oxidation sites excluding steroid dienone is 4. The molecule has 0 bridgehead atoms. The minimum Gasteiger partial charge on any atom is -0.310 e. The molecule has 0 N–H and O–H groups in total. The topological polar surface area (TPSA) is 8.17 Å². The van der Waals surface area contributed by atoms with Gasteiger partial charge < -0.3 is 9.47 Å². The third kappa shape index (κ3) is 5.49. The smallest absolute Gasteiger partial charge is 0.0581 e. The van der Waals surface area contributed by atoms with Gasteiger partial charge in [0.25, 0.3) is 0 Å². The lowest BCUT2D eigenvalue weighted by atomic mass is 9.70. The first kappa shape index (κ1) is 36.7. The predicted molar refractivity (Wildman–Crippen MR) is 262 cm³/mol. The average molecular weight is 797 g/mol. The Balaban J connectivity index is 0.957. The van der Waals surface area contributed by atoms with E-state index in [1.54, 1.807) is 0 Å². The van der Waals surface area contributed by atoms with E-state index in [4.69, 9.17) is 0 Å². The summed E-state index contributed by atoms with van der Waals surface area (Å²) in [5.74, 6) is 0.349. The molecular formula is C60H48N2. The maximum Gasteiger partial charge on any atom is 0.0581 e. The summed E-state index contributed by atoms with van der Waals surface area (Å²) in [6, 6.07) is 69.8. The summed E-state index contributed by atoms with van der Waals surface area (Å²) in [5, 5.41) is 2.61. The molecule has 0 fully saturated rings. The van der Waals surface area contributed by atoms with Crippen molar-refractivity contribution in [3.05, 3.63) is 228 Å². The molecule has 2 heterocycles. The van der Waals surface area contributed by atoms with Crippen LogP contribution in [0.2, 0.25) is 0 Å². The van der Waals surface area contributed by atoms with E-state index in [2.05, 4.69) is 237 Å². The van der Waals surface area contributed by atoms with E-state index in [9.17, 15) is 0 Å². The fourth-order valence-electron chi connectivity index (χ4n) is 11.1. The highest BCUT2D eigenvalue weighted by molar-refractivity contribution is 6.14. The molecule has 0 spiro atoms. The molecule has 12 rings (SSSR count). The first-order valence-corrected chi connectivity index (χ1v) is 22.1. The Morgan fingerprint density at radius 2 is 1.06 bits per heavy atom.